The minimum Gasteiger partial charge on any atom is -0.481 e. The lowest BCUT2D eigenvalue weighted by atomic mass is 9.92. The summed E-state index contributed by atoms with van der Waals surface area (Å²) in [5, 5.41) is 8.93. The molecule has 120 valence electrons. The van der Waals surface area contributed by atoms with Crippen LogP contribution in [-0.2, 0) is 11.2 Å². The van der Waals surface area contributed by atoms with Gasteiger partial charge >= 0.3 is 5.97 Å². The normalized spacial score (nSPS) is 14.6. The topological polar surface area (TPSA) is 105 Å². The number of pyridine rings is 1. The Morgan fingerprint density at radius 2 is 2.22 bits per heavy atom. The number of nitrogens with zero attached hydrogens (tertiary/aromatic N) is 4. The van der Waals surface area contributed by atoms with Gasteiger partial charge in [0.25, 0.3) is 0 Å². The number of carbonyl (C=O) groups is 1. The van der Waals surface area contributed by atoms with Crippen LogP contribution in [0.3, 0.4) is 0 Å². The predicted molar refractivity (Wildman–Crippen MR) is 86.3 cm³/mol. The number of aliphatic carboxylic acids is 1. The summed E-state index contributed by atoms with van der Waals surface area (Å²) in [6, 6.07) is 4.00. The van der Waals surface area contributed by atoms with Crippen LogP contribution in [0.5, 0.6) is 0 Å². The molecule has 7 nitrogen and oxygen atoms in total. The molecule has 0 unspecified atom stereocenters. The molecule has 0 radical (unpaired) electrons. The molecule has 3 N–H and O–H groups in total. The molecular formula is C16H19N5O2. The number of hydrogen-bond donors (Lipinski definition) is 2. The van der Waals surface area contributed by atoms with Crippen molar-refractivity contribution in [3.05, 3.63) is 41.3 Å². The molecule has 23 heavy (non-hydrogen) atoms. The standard InChI is InChI=1S/C16H19N5O2/c1-10-13(4-5-14(22)23)15(20-16(17)19-10)21-8-12(9-21)11-3-2-6-18-7-11/h2-3,6-7,12H,4-5,8-9H2,1H3,(H,22,23)(H2,17,19,20). The van der Waals surface area contributed by atoms with Crippen molar-refractivity contribution in [3.63, 3.8) is 0 Å². The third-order valence-electron chi connectivity index (χ3n) is 4.14. The fourth-order valence-electron chi connectivity index (χ4n) is 2.87. The number of carboxylic acid groups (broad SMARTS) is 1. The van der Waals surface area contributed by atoms with Gasteiger partial charge in [0, 0.05) is 49.1 Å². The molecule has 1 fully saturated rings. The van der Waals surface area contributed by atoms with Gasteiger partial charge in [0.05, 0.1) is 0 Å². The first kappa shape index (κ1) is 15.2. The van der Waals surface area contributed by atoms with E-state index >= 15 is 0 Å². The summed E-state index contributed by atoms with van der Waals surface area (Å²) in [5.74, 6) is 0.564. The molecule has 1 aliphatic heterocycles. The zero-order valence-corrected chi connectivity index (χ0v) is 12.9. The molecule has 1 aliphatic rings. The highest BCUT2D eigenvalue weighted by Crippen LogP contribution is 2.33. The molecule has 0 aliphatic carbocycles. The number of aromatic nitrogens is 3. The Bertz CT molecular complexity index is 714. The number of anilines is 2. The van der Waals surface area contributed by atoms with Crippen molar-refractivity contribution in [3.8, 4) is 0 Å². The largest absolute Gasteiger partial charge is 0.481 e. The van der Waals surface area contributed by atoms with Gasteiger partial charge < -0.3 is 15.7 Å². The Kier molecular flexibility index (Phi) is 4.10. The molecular weight excluding hydrogens is 294 g/mol. The van der Waals surface area contributed by atoms with Crippen molar-refractivity contribution in [2.24, 2.45) is 0 Å². The SMILES string of the molecule is Cc1nc(N)nc(N2CC(c3cccnc3)C2)c1CCC(=O)O. The van der Waals surface area contributed by atoms with Crippen molar-refractivity contribution in [1.29, 1.82) is 0 Å². The second kappa shape index (κ2) is 6.20. The number of rotatable bonds is 5. The molecule has 7 heteroatoms. The maximum atomic E-state index is 10.9. The highest BCUT2D eigenvalue weighted by Gasteiger charge is 2.31. The summed E-state index contributed by atoms with van der Waals surface area (Å²) in [4.78, 5) is 25.7. The highest BCUT2D eigenvalue weighted by molar-refractivity contribution is 5.68. The second-order valence-corrected chi connectivity index (χ2v) is 5.75. The van der Waals surface area contributed by atoms with Crippen molar-refractivity contribution in [2.45, 2.75) is 25.7 Å². The first-order valence-corrected chi connectivity index (χ1v) is 7.54. The van der Waals surface area contributed by atoms with Crippen LogP contribution in [0.1, 0.15) is 29.2 Å². The zero-order chi connectivity index (χ0) is 16.4. The van der Waals surface area contributed by atoms with Crippen LogP contribution < -0.4 is 10.6 Å². The lowest BCUT2D eigenvalue weighted by molar-refractivity contribution is -0.136. The van der Waals surface area contributed by atoms with Crippen LogP contribution in [0.4, 0.5) is 11.8 Å². The average Bonchev–Trinajstić information content (AvgIpc) is 2.45. The highest BCUT2D eigenvalue weighted by atomic mass is 16.4. The lowest BCUT2D eigenvalue weighted by Gasteiger charge is -2.41. The number of nitrogens with two attached hydrogens (primary N) is 1. The Labute approximate surface area is 134 Å². The van der Waals surface area contributed by atoms with Crippen molar-refractivity contribution in [1.82, 2.24) is 15.0 Å². The quantitative estimate of drug-likeness (QED) is 0.859. The van der Waals surface area contributed by atoms with Crippen LogP contribution in [0.2, 0.25) is 0 Å². The molecule has 0 aromatic carbocycles. The summed E-state index contributed by atoms with van der Waals surface area (Å²) in [6.07, 6.45) is 4.11. The Morgan fingerprint density at radius 3 is 2.87 bits per heavy atom. The van der Waals surface area contributed by atoms with Crippen LogP contribution in [0.25, 0.3) is 0 Å². The summed E-state index contributed by atoms with van der Waals surface area (Å²) >= 11 is 0. The third-order valence-corrected chi connectivity index (χ3v) is 4.14. The fourth-order valence-corrected chi connectivity index (χ4v) is 2.87. The van der Waals surface area contributed by atoms with Gasteiger partial charge in [0.15, 0.2) is 0 Å². The zero-order valence-electron chi connectivity index (χ0n) is 12.9. The van der Waals surface area contributed by atoms with Gasteiger partial charge in [0.2, 0.25) is 5.95 Å². The number of hydrogen-bond acceptors (Lipinski definition) is 6. The molecule has 0 amide bonds. The smallest absolute Gasteiger partial charge is 0.303 e. The van der Waals surface area contributed by atoms with E-state index in [1.165, 1.54) is 5.56 Å². The van der Waals surface area contributed by atoms with Gasteiger partial charge in [-0.3, -0.25) is 9.78 Å². The first-order valence-electron chi connectivity index (χ1n) is 7.54. The minimum atomic E-state index is -0.830. The van der Waals surface area contributed by atoms with Crippen LogP contribution in [-0.4, -0.2) is 39.1 Å². The minimum absolute atomic E-state index is 0.0565. The van der Waals surface area contributed by atoms with E-state index in [0.29, 0.717) is 12.3 Å². The van der Waals surface area contributed by atoms with E-state index in [0.717, 1.165) is 30.2 Å². The van der Waals surface area contributed by atoms with E-state index in [9.17, 15) is 4.79 Å². The second-order valence-electron chi connectivity index (χ2n) is 5.75. The van der Waals surface area contributed by atoms with Crippen molar-refractivity contribution < 1.29 is 9.90 Å². The van der Waals surface area contributed by atoms with Gasteiger partial charge in [-0.2, -0.15) is 4.98 Å². The van der Waals surface area contributed by atoms with Crippen LogP contribution in [0, 0.1) is 6.92 Å². The third kappa shape index (κ3) is 3.23. The molecule has 2 aromatic rings. The van der Waals surface area contributed by atoms with Crippen LogP contribution in [0.15, 0.2) is 24.5 Å². The molecule has 0 spiro atoms. The maximum Gasteiger partial charge on any atom is 0.303 e. The number of aryl methyl sites for hydroxylation is 1. The molecule has 1 saturated heterocycles. The summed E-state index contributed by atoms with van der Waals surface area (Å²) in [7, 11) is 0. The average molecular weight is 313 g/mol. The molecule has 0 atom stereocenters. The molecule has 0 saturated carbocycles. The lowest BCUT2D eigenvalue weighted by Crippen LogP contribution is -2.46. The number of nitrogen functional groups attached to an aromatic ring is 1. The van der Waals surface area contributed by atoms with Crippen molar-refractivity contribution in [2.75, 3.05) is 23.7 Å². The fraction of sp³-hybridized carbons (Fsp3) is 0.375. The van der Waals surface area contributed by atoms with Gasteiger partial charge in [0.1, 0.15) is 5.82 Å². The van der Waals surface area contributed by atoms with Gasteiger partial charge in [-0.05, 0) is 25.0 Å². The van der Waals surface area contributed by atoms with E-state index in [2.05, 4.69) is 25.9 Å². The summed E-state index contributed by atoms with van der Waals surface area (Å²) in [5.41, 5.74) is 8.59. The van der Waals surface area contributed by atoms with Gasteiger partial charge in [-0.25, -0.2) is 4.98 Å². The first-order chi connectivity index (χ1) is 11.0. The van der Waals surface area contributed by atoms with Crippen molar-refractivity contribution >= 4 is 17.7 Å². The van der Waals surface area contributed by atoms with E-state index in [1.807, 2.05) is 19.2 Å². The van der Waals surface area contributed by atoms with Gasteiger partial charge in [-0.1, -0.05) is 6.07 Å². The Morgan fingerprint density at radius 1 is 1.43 bits per heavy atom. The van der Waals surface area contributed by atoms with E-state index in [4.69, 9.17) is 10.8 Å². The van der Waals surface area contributed by atoms with E-state index in [-0.39, 0.29) is 12.4 Å². The van der Waals surface area contributed by atoms with Crippen LogP contribution >= 0.6 is 0 Å². The monoisotopic (exact) mass is 313 g/mol. The molecule has 2 aromatic heterocycles. The Balaban J connectivity index is 1.79. The Hall–Kier alpha value is -2.70. The molecule has 3 rings (SSSR count). The predicted octanol–water partition coefficient (Wildman–Crippen LogP) is 1.38. The summed E-state index contributed by atoms with van der Waals surface area (Å²) in [6.45, 7) is 3.49. The van der Waals surface area contributed by atoms with E-state index in [1.54, 1.807) is 6.20 Å². The van der Waals surface area contributed by atoms with Gasteiger partial charge in [-0.15, -0.1) is 0 Å². The maximum absolute atomic E-state index is 10.9. The number of carboxylic acids is 1. The van der Waals surface area contributed by atoms with E-state index < -0.39 is 5.97 Å². The summed E-state index contributed by atoms with van der Waals surface area (Å²) < 4.78 is 0. The molecule has 0 bridgehead atoms. The molecule has 3 heterocycles.